The minimum Gasteiger partial charge on any atom is -0.268 e. The first-order chi connectivity index (χ1) is 6.93. The highest BCUT2D eigenvalue weighted by atomic mass is 32.2. The van der Waals surface area contributed by atoms with Gasteiger partial charge < -0.3 is 0 Å². The van der Waals surface area contributed by atoms with Gasteiger partial charge in [-0.05, 0) is 32.9 Å². The Hall–Kier alpha value is -1.23. The van der Waals surface area contributed by atoms with Gasteiger partial charge in [0.2, 0.25) is 0 Å². The summed E-state index contributed by atoms with van der Waals surface area (Å²) in [4.78, 5) is 15.9. The molecule has 0 fully saturated rings. The largest absolute Gasteiger partial charge is 0.269 e. The van der Waals surface area contributed by atoms with E-state index in [-0.39, 0.29) is 5.91 Å². The van der Waals surface area contributed by atoms with Gasteiger partial charge in [-0.2, -0.15) is 0 Å². The van der Waals surface area contributed by atoms with Gasteiger partial charge in [0.15, 0.2) is 16.0 Å². The van der Waals surface area contributed by atoms with Crippen LogP contribution in [0.1, 0.15) is 31.1 Å². The molecule has 5 heteroatoms. The van der Waals surface area contributed by atoms with Gasteiger partial charge in [-0.1, -0.05) is 0 Å². The fraction of sp³-hybridized carbons (Fsp3) is 0.400. The Bertz CT molecular complexity index is 416. The van der Waals surface area contributed by atoms with Gasteiger partial charge in [-0.3, -0.25) is 4.79 Å². The van der Waals surface area contributed by atoms with Crippen molar-refractivity contribution in [1.82, 2.24) is 9.29 Å². The summed E-state index contributed by atoms with van der Waals surface area (Å²) in [5, 5.41) is 0.373. The molecule has 0 saturated carbocycles. The van der Waals surface area contributed by atoms with Gasteiger partial charge in [0, 0.05) is 11.7 Å². The van der Waals surface area contributed by atoms with Crippen LogP contribution in [-0.4, -0.2) is 24.9 Å². The van der Waals surface area contributed by atoms with Crippen molar-refractivity contribution in [3.8, 4) is 0 Å². The molecule has 0 saturated heterocycles. The number of hydrogen-bond acceptors (Lipinski definition) is 3. The van der Waals surface area contributed by atoms with Gasteiger partial charge in [0.25, 0.3) is 5.91 Å². The van der Waals surface area contributed by atoms with E-state index in [1.54, 1.807) is 18.3 Å². The molecule has 2 rings (SSSR count). The smallest absolute Gasteiger partial charge is 0.268 e. The van der Waals surface area contributed by atoms with Gasteiger partial charge in [0.1, 0.15) is 0 Å². The molecule has 1 amide bonds. The molecular weight excluding hydrogens is 212 g/mol. The third kappa shape index (κ3) is 1.47. The lowest BCUT2D eigenvalue weighted by Gasteiger charge is -2.29. The van der Waals surface area contributed by atoms with Gasteiger partial charge in [0.05, 0.1) is 5.56 Å². The van der Waals surface area contributed by atoms with Crippen LogP contribution >= 0.6 is 0 Å². The van der Waals surface area contributed by atoms with Crippen LogP contribution in [0.5, 0.6) is 0 Å². The lowest BCUT2D eigenvalue weighted by molar-refractivity contribution is 0.0794. The van der Waals surface area contributed by atoms with Crippen molar-refractivity contribution in [3.05, 3.63) is 23.9 Å². The van der Waals surface area contributed by atoms with Crippen LogP contribution in [0.15, 0.2) is 23.4 Å². The van der Waals surface area contributed by atoms with Crippen LogP contribution in [-0.2, 0) is 11.0 Å². The maximum absolute atomic E-state index is 12.0. The molecule has 1 aliphatic heterocycles. The van der Waals surface area contributed by atoms with Crippen LogP contribution in [0.3, 0.4) is 0 Å². The number of rotatable bonds is 0. The van der Waals surface area contributed by atoms with Crippen LogP contribution in [0.25, 0.3) is 0 Å². The summed E-state index contributed by atoms with van der Waals surface area (Å²) < 4.78 is 13.4. The van der Waals surface area contributed by atoms with E-state index in [0.29, 0.717) is 10.6 Å². The third-order valence-corrected chi connectivity index (χ3v) is 3.83. The second kappa shape index (κ2) is 3.13. The lowest BCUT2D eigenvalue weighted by atomic mass is 10.1. The monoisotopic (exact) mass is 224 g/mol. The highest BCUT2D eigenvalue weighted by molar-refractivity contribution is 7.83. The summed E-state index contributed by atoms with van der Waals surface area (Å²) in [6.45, 7) is 5.57. The molecule has 1 unspecified atom stereocenters. The Morgan fingerprint density at radius 2 is 2.07 bits per heavy atom. The predicted octanol–water partition coefficient (Wildman–Crippen LogP) is 1.36. The number of nitrogens with zero attached hydrogens (tertiary/aromatic N) is 2. The minimum absolute atomic E-state index is 0.205. The first kappa shape index (κ1) is 10.3. The summed E-state index contributed by atoms with van der Waals surface area (Å²) in [6.07, 6.45) is 1.55. The van der Waals surface area contributed by atoms with E-state index in [1.807, 2.05) is 20.8 Å². The molecule has 0 aliphatic carbocycles. The van der Waals surface area contributed by atoms with Gasteiger partial charge in [-0.25, -0.2) is 13.5 Å². The van der Waals surface area contributed by atoms with Crippen LogP contribution in [0.2, 0.25) is 0 Å². The third-order valence-electron chi connectivity index (χ3n) is 2.13. The number of carbonyl (C=O) groups excluding carboxylic acids is 1. The van der Waals surface area contributed by atoms with Crippen LogP contribution < -0.4 is 0 Å². The van der Waals surface area contributed by atoms with Crippen molar-refractivity contribution in [2.75, 3.05) is 0 Å². The quantitative estimate of drug-likeness (QED) is 0.668. The Morgan fingerprint density at radius 1 is 1.40 bits per heavy atom. The predicted molar refractivity (Wildman–Crippen MR) is 56.6 cm³/mol. The zero-order chi connectivity index (χ0) is 11.2. The topological polar surface area (TPSA) is 50.3 Å². The standard InChI is InChI=1S/C10H12N2O2S/c1-10(2,3)12-9(13)7-5-4-6-11-8(7)15(12)14/h4-6H,1-3H3. The maximum atomic E-state index is 12.0. The van der Waals surface area contributed by atoms with Crippen molar-refractivity contribution in [2.24, 2.45) is 0 Å². The van der Waals surface area contributed by atoms with Crippen molar-refractivity contribution < 1.29 is 9.00 Å². The van der Waals surface area contributed by atoms with Crippen molar-refractivity contribution in [3.63, 3.8) is 0 Å². The molecule has 0 radical (unpaired) electrons. The molecule has 0 aromatic carbocycles. The van der Waals surface area contributed by atoms with E-state index in [9.17, 15) is 9.00 Å². The Kier molecular flexibility index (Phi) is 2.15. The number of amides is 1. The van der Waals surface area contributed by atoms with E-state index in [0.717, 1.165) is 0 Å². The van der Waals surface area contributed by atoms with Crippen molar-refractivity contribution in [2.45, 2.75) is 31.3 Å². The molecule has 1 aromatic heterocycles. The molecule has 0 N–H and O–H groups in total. The van der Waals surface area contributed by atoms with Crippen LogP contribution in [0.4, 0.5) is 0 Å². The number of carbonyl (C=O) groups is 1. The second-order valence-corrected chi connectivity index (χ2v) is 5.63. The van der Waals surface area contributed by atoms with Crippen molar-refractivity contribution in [1.29, 1.82) is 0 Å². The number of aromatic nitrogens is 1. The summed E-state index contributed by atoms with van der Waals surface area (Å²) in [5.41, 5.74) is -0.00593. The van der Waals surface area contributed by atoms with Crippen molar-refractivity contribution >= 4 is 16.9 Å². The average Bonchev–Trinajstić information content (AvgIpc) is 2.39. The normalized spacial score (nSPS) is 20.6. The second-order valence-electron chi connectivity index (χ2n) is 4.38. The summed E-state index contributed by atoms with van der Waals surface area (Å²) in [6, 6.07) is 3.34. The number of fused-ring (bicyclic) bond motifs is 1. The number of hydrogen-bond donors (Lipinski definition) is 0. The summed E-state index contributed by atoms with van der Waals surface area (Å²) in [5.74, 6) is -0.205. The fourth-order valence-electron chi connectivity index (χ4n) is 1.52. The molecule has 80 valence electrons. The van der Waals surface area contributed by atoms with E-state index in [4.69, 9.17) is 0 Å². The summed E-state index contributed by atoms with van der Waals surface area (Å²) >= 11 is 0. The molecule has 1 aromatic rings. The molecule has 4 nitrogen and oxygen atoms in total. The molecule has 15 heavy (non-hydrogen) atoms. The zero-order valence-electron chi connectivity index (χ0n) is 8.85. The highest BCUT2D eigenvalue weighted by Crippen LogP contribution is 2.30. The SMILES string of the molecule is CC(C)(C)N1C(=O)c2cccnc2S1=O. The van der Waals surface area contributed by atoms with E-state index in [2.05, 4.69) is 4.98 Å². The molecule has 0 spiro atoms. The molecule has 1 aliphatic rings. The fourth-order valence-corrected chi connectivity index (χ4v) is 2.93. The van der Waals surface area contributed by atoms with Crippen LogP contribution in [0, 0.1) is 0 Å². The first-order valence-corrected chi connectivity index (χ1v) is 5.75. The number of pyridine rings is 1. The van der Waals surface area contributed by atoms with Gasteiger partial charge >= 0.3 is 0 Å². The Morgan fingerprint density at radius 3 is 2.60 bits per heavy atom. The first-order valence-electron chi connectivity index (χ1n) is 4.64. The molecule has 2 heterocycles. The lowest BCUT2D eigenvalue weighted by Crippen LogP contribution is -2.42. The van der Waals surface area contributed by atoms with E-state index >= 15 is 0 Å². The van der Waals surface area contributed by atoms with E-state index < -0.39 is 16.5 Å². The Labute approximate surface area is 90.9 Å². The maximum Gasteiger partial charge on any atom is 0.269 e. The van der Waals surface area contributed by atoms with E-state index in [1.165, 1.54) is 4.31 Å². The minimum atomic E-state index is -1.46. The molecular formula is C10H12N2O2S. The molecule has 1 atom stereocenters. The summed E-state index contributed by atoms with van der Waals surface area (Å²) in [7, 11) is -1.46. The molecule has 0 bridgehead atoms. The van der Waals surface area contributed by atoms with Gasteiger partial charge in [-0.15, -0.1) is 0 Å². The highest BCUT2D eigenvalue weighted by Gasteiger charge is 2.41. The average molecular weight is 224 g/mol. The zero-order valence-corrected chi connectivity index (χ0v) is 9.67. The Balaban J connectivity index is 2.55.